The van der Waals surface area contributed by atoms with Gasteiger partial charge >= 0.3 is 0 Å². The molecule has 16 heavy (non-hydrogen) atoms. The third-order valence-electron chi connectivity index (χ3n) is 2.72. The van der Waals surface area contributed by atoms with Gasteiger partial charge in [-0.2, -0.15) is 0 Å². The van der Waals surface area contributed by atoms with Crippen molar-refractivity contribution in [1.82, 2.24) is 0 Å². The highest BCUT2D eigenvalue weighted by Crippen LogP contribution is 2.08. The Morgan fingerprint density at radius 1 is 0.812 bits per heavy atom. The second-order valence-electron chi connectivity index (χ2n) is 4.46. The van der Waals surface area contributed by atoms with E-state index in [9.17, 15) is 0 Å². The van der Waals surface area contributed by atoms with Gasteiger partial charge in [-0.25, -0.2) is 0 Å². The summed E-state index contributed by atoms with van der Waals surface area (Å²) in [6.45, 7) is 4.46. The number of rotatable bonds is 11. The lowest BCUT2D eigenvalue weighted by molar-refractivity contribution is 0.592. The smallest absolute Gasteiger partial charge is 0.0279 e. The maximum atomic E-state index is 3.25. The van der Waals surface area contributed by atoms with Crippen LogP contribution >= 0.6 is 0 Å². The Morgan fingerprint density at radius 3 is 2.19 bits per heavy atom. The van der Waals surface area contributed by atoms with Gasteiger partial charge in [0.05, 0.1) is 0 Å². The SMILES string of the molecule is CCC/[C]=C\C=C\CCCCCCCCC. The molecule has 0 aromatic heterocycles. The molecule has 0 heterocycles. The van der Waals surface area contributed by atoms with Crippen molar-refractivity contribution in [2.45, 2.75) is 78.1 Å². The fourth-order valence-electron chi connectivity index (χ4n) is 1.68. The minimum absolute atomic E-state index is 1.09. The van der Waals surface area contributed by atoms with Crippen molar-refractivity contribution >= 4 is 0 Å². The quantitative estimate of drug-likeness (QED) is 0.303. The zero-order valence-corrected chi connectivity index (χ0v) is 11.3. The monoisotopic (exact) mass is 221 g/mol. The second kappa shape index (κ2) is 14.5. The number of unbranched alkanes of at least 4 members (excludes halogenated alkanes) is 8. The summed E-state index contributed by atoms with van der Waals surface area (Å²) >= 11 is 0. The molecule has 0 spiro atoms. The largest absolute Gasteiger partial charge is 0.0845 e. The van der Waals surface area contributed by atoms with E-state index in [1.165, 1.54) is 57.8 Å². The van der Waals surface area contributed by atoms with Crippen LogP contribution in [0.3, 0.4) is 0 Å². The lowest BCUT2D eigenvalue weighted by Crippen LogP contribution is -1.78. The minimum Gasteiger partial charge on any atom is -0.0845 e. The van der Waals surface area contributed by atoms with Crippen LogP contribution in [0.1, 0.15) is 78.1 Å². The molecule has 0 saturated carbocycles. The van der Waals surface area contributed by atoms with Gasteiger partial charge in [0, 0.05) is 0 Å². The molecule has 0 aliphatic heterocycles. The van der Waals surface area contributed by atoms with Gasteiger partial charge < -0.3 is 0 Å². The number of hydrogen-bond acceptors (Lipinski definition) is 0. The molecule has 0 heteroatoms. The van der Waals surface area contributed by atoms with Crippen molar-refractivity contribution in [3.05, 3.63) is 24.3 Å². The molecule has 0 aliphatic rings. The van der Waals surface area contributed by atoms with E-state index in [2.05, 4.69) is 38.2 Å². The molecule has 93 valence electrons. The number of allylic oxidation sites excluding steroid dienone is 4. The predicted molar refractivity (Wildman–Crippen MR) is 74.5 cm³/mol. The van der Waals surface area contributed by atoms with E-state index in [-0.39, 0.29) is 0 Å². The minimum atomic E-state index is 1.09. The molecule has 0 N–H and O–H groups in total. The normalized spacial score (nSPS) is 11.9. The van der Waals surface area contributed by atoms with Gasteiger partial charge in [0.2, 0.25) is 0 Å². The van der Waals surface area contributed by atoms with Crippen LogP contribution in [0.25, 0.3) is 0 Å². The van der Waals surface area contributed by atoms with Crippen LogP contribution in [-0.2, 0) is 0 Å². The molecule has 0 rings (SSSR count). The standard InChI is InChI=1S/C16H29/c1-3-5-7-9-11-13-15-16-14-12-10-8-6-4-2/h10,12,14H,3-7,9,11,13,15-16H2,1-2H3/b10-8?,14-12+. The highest BCUT2D eigenvalue weighted by molar-refractivity contribution is 4.98. The third-order valence-corrected chi connectivity index (χ3v) is 2.72. The number of hydrogen-bond donors (Lipinski definition) is 0. The highest BCUT2D eigenvalue weighted by atomic mass is 13.9. The van der Waals surface area contributed by atoms with Crippen molar-refractivity contribution in [1.29, 1.82) is 0 Å². The zero-order valence-electron chi connectivity index (χ0n) is 11.3. The van der Waals surface area contributed by atoms with Crippen LogP contribution in [0.15, 0.2) is 18.2 Å². The lowest BCUT2D eigenvalue weighted by Gasteiger charge is -1.98. The first-order valence-electron chi connectivity index (χ1n) is 7.13. The molecule has 0 aliphatic carbocycles. The van der Waals surface area contributed by atoms with Crippen molar-refractivity contribution in [2.75, 3.05) is 0 Å². The molecular weight excluding hydrogens is 192 g/mol. The van der Waals surface area contributed by atoms with E-state index >= 15 is 0 Å². The summed E-state index contributed by atoms with van der Waals surface area (Å²) in [6, 6.07) is 0. The molecule has 0 amide bonds. The van der Waals surface area contributed by atoms with Gasteiger partial charge in [-0.3, -0.25) is 0 Å². The summed E-state index contributed by atoms with van der Waals surface area (Å²) in [4.78, 5) is 0. The van der Waals surface area contributed by atoms with Crippen LogP contribution in [0.2, 0.25) is 0 Å². The molecule has 0 fully saturated rings. The third kappa shape index (κ3) is 13.5. The van der Waals surface area contributed by atoms with Crippen LogP contribution in [0.4, 0.5) is 0 Å². The summed E-state index contributed by atoms with van der Waals surface area (Å²) in [5.74, 6) is 0. The Kier molecular flexibility index (Phi) is 14.0. The summed E-state index contributed by atoms with van der Waals surface area (Å²) in [7, 11) is 0. The molecule has 0 aromatic rings. The van der Waals surface area contributed by atoms with Crippen molar-refractivity contribution < 1.29 is 0 Å². The fourth-order valence-corrected chi connectivity index (χ4v) is 1.68. The van der Waals surface area contributed by atoms with Crippen molar-refractivity contribution in [2.24, 2.45) is 0 Å². The van der Waals surface area contributed by atoms with Gasteiger partial charge in [0.15, 0.2) is 0 Å². The van der Waals surface area contributed by atoms with Gasteiger partial charge in [-0.05, 0) is 25.3 Å². The van der Waals surface area contributed by atoms with E-state index in [1.807, 2.05) is 0 Å². The van der Waals surface area contributed by atoms with E-state index in [4.69, 9.17) is 0 Å². The van der Waals surface area contributed by atoms with Gasteiger partial charge in [0.25, 0.3) is 0 Å². The van der Waals surface area contributed by atoms with Gasteiger partial charge in [0.1, 0.15) is 0 Å². The van der Waals surface area contributed by atoms with Gasteiger partial charge in [-0.15, -0.1) is 0 Å². The van der Waals surface area contributed by atoms with E-state index in [0.717, 1.165) is 6.42 Å². The fraction of sp³-hybridized carbons (Fsp3) is 0.750. The topological polar surface area (TPSA) is 0 Å². The second-order valence-corrected chi connectivity index (χ2v) is 4.46. The summed E-state index contributed by atoms with van der Waals surface area (Å²) in [6.07, 6.45) is 23.0. The van der Waals surface area contributed by atoms with E-state index in [0.29, 0.717) is 0 Å². The Hall–Kier alpha value is -0.520. The van der Waals surface area contributed by atoms with Crippen LogP contribution in [0.5, 0.6) is 0 Å². The van der Waals surface area contributed by atoms with E-state index < -0.39 is 0 Å². The first kappa shape index (κ1) is 15.5. The molecule has 0 aromatic carbocycles. The molecular formula is C16H29. The first-order valence-corrected chi connectivity index (χ1v) is 7.13. The molecule has 0 bridgehead atoms. The average molecular weight is 221 g/mol. The Morgan fingerprint density at radius 2 is 1.50 bits per heavy atom. The predicted octanol–water partition coefficient (Wildman–Crippen LogP) is 5.84. The Labute approximate surface area is 103 Å². The van der Waals surface area contributed by atoms with E-state index in [1.54, 1.807) is 0 Å². The first-order chi connectivity index (χ1) is 7.91. The Balaban J connectivity index is 3.08. The Bertz CT molecular complexity index is 165. The maximum absolute atomic E-state index is 3.25. The summed E-state index contributed by atoms with van der Waals surface area (Å²) < 4.78 is 0. The molecule has 0 atom stereocenters. The zero-order chi connectivity index (χ0) is 11.9. The summed E-state index contributed by atoms with van der Waals surface area (Å²) in [5, 5.41) is 0. The molecule has 1 radical (unpaired) electrons. The average Bonchev–Trinajstić information content (AvgIpc) is 2.31. The highest BCUT2D eigenvalue weighted by Gasteiger charge is 1.88. The van der Waals surface area contributed by atoms with Crippen molar-refractivity contribution in [3.8, 4) is 0 Å². The lowest BCUT2D eigenvalue weighted by atomic mass is 10.1. The van der Waals surface area contributed by atoms with Crippen LogP contribution in [-0.4, -0.2) is 0 Å². The molecule has 0 saturated heterocycles. The maximum Gasteiger partial charge on any atom is -0.0279 e. The van der Waals surface area contributed by atoms with Crippen LogP contribution < -0.4 is 0 Å². The van der Waals surface area contributed by atoms with Crippen molar-refractivity contribution in [3.63, 3.8) is 0 Å². The molecule has 0 nitrogen and oxygen atoms in total. The molecule has 0 unspecified atom stereocenters. The summed E-state index contributed by atoms with van der Waals surface area (Å²) in [5.41, 5.74) is 0. The van der Waals surface area contributed by atoms with Crippen LogP contribution in [0, 0.1) is 6.08 Å². The van der Waals surface area contributed by atoms with Gasteiger partial charge in [-0.1, -0.05) is 77.0 Å².